The van der Waals surface area contributed by atoms with Gasteiger partial charge in [-0.3, -0.25) is 4.79 Å². The van der Waals surface area contributed by atoms with Crippen molar-refractivity contribution in [2.45, 2.75) is 24.3 Å². The van der Waals surface area contributed by atoms with Crippen molar-refractivity contribution in [1.29, 1.82) is 0 Å². The summed E-state index contributed by atoms with van der Waals surface area (Å²) < 4.78 is 22.5. The Hall–Kier alpha value is -2.52. The second kappa shape index (κ2) is 7.79. The number of anilines is 1. The number of piperidine rings is 1. The van der Waals surface area contributed by atoms with Crippen LogP contribution in [-0.4, -0.2) is 37.4 Å². The van der Waals surface area contributed by atoms with E-state index in [2.05, 4.69) is 15.3 Å². The van der Waals surface area contributed by atoms with Crippen LogP contribution in [-0.2, 0) is 21.4 Å². The molecule has 0 bridgehead atoms. The van der Waals surface area contributed by atoms with Crippen LogP contribution in [0.2, 0.25) is 0 Å². The number of sulfonamides is 1. The van der Waals surface area contributed by atoms with Gasteiger partial charge in [-0.05, 0) is 36.6 Å². The largest absolute Gasteiger partial charge is 0.352 e. The molecule has 3 rings (SSSR count). The SMILES string of the molecule is NS(=O)(=O)c1ccc(CNC(=O)C2CCCN(c3ncccn3)C2)cc1. The van der Waals surface area contributed by atoms with E-state index in [0.29, 0.717) is 19.0 Å². The molecule has 8 nitrogen and oxygen atoms in total. The number of carbonyl (C=O) groups is 1. The highest BCUT2D eigenvalue weighted by Crippen LogP contribution is 2.20. The fraction of sp³-hybridized carbons (Fsp3) is 0.353. The lowest BCUT2D eigenvalue weighted by Gasteiger charge is -2.31. The molecule has 1 atom stereocenters. The third-order valence-electron chi connectivity index (χ3n) is 4.35. The van der Waals surface area contributed by atoms with Crippen LogP contribution in [0.4, 0.5) is 5.95 Å². The maximum atomic E-state index is 12.5. The summed E-state index contributed by atoms with van der Waals surface area (Å²) in [6, 6.07) is 7.92. The van der Waals surface area contributed by atoms with Gasteiger partial charge in [0.05, 0.1) is 10.8 Å². The Morgan fingerprint density at radius 2 is 1.92 bits per heavy atom. The minimum atomic E-state index is -3.71. The quantitative estimate of drug-likeness (QED) is 0.792. The number of carbonyl (C=O) groups excluding carboxylic acids is 1. The van der Waals surface area contributed by atoms with Crippen molar-refractivity contribution >= 4 is 21.9 Å². The van der Waals surface area contributed by atoms with Crippen molar-refractivity contribution in [3.63, 3.8) is 0 Å². The number of primary sulfonamides is 1. The smallest absolute Gasteiger partial charge is 0.238 e. The van der Waals surface area contributed by atoms with Crippen LogP contribution in [0.15, 0.2) is 47.6 Å². The van der Waals surface area contributed by atoms with Crippen LogP contribution in [0.5, 0.6) is 0 Å². The van der Waals surface area contributed by atoms with E-state index in [1.54, 1.807) is 30.6 Å². The van der Waals surface area contributed by atoms with E-state index < -0.39 is 10.0 Å². The van der Waals surface area contributed by atoms with Crippen LogP contribution in [0.25, 0.3) is 0 Å². The summed E-state index contributed by atoms with van der Waals surface area (Å²) in [5.41, 5.74) is 0.810. The molecule has 2 aromatic rings. The molecule has 2 heterocycles. The first-order valence-electron chi connectivity index (χ1n) is 8.35. The zero-order chi connectivity index (χ0) is 18.6. The number of aromatic nitrogens is 2. The van der Waals surface area contributed by atoms with Crippen molar-refractivity contribution in [2.24, 2.45) is 11.1 Å². The van der Waals surface area contributed by atoms with Crippen molar-refractivity contribution < 1.29 is 13.2 Å². The van der Waals surface area contributed by atoms with E-state index in [1.807, 2.05) is 4.90 Å². The average Bonchev–Trinajstić information content (AvgIpc) is 2.66. The van der Waals surface area contributed by atoms with Crippen molar-refractivity contribution in [2.75, 3.05) is 18.0 Å². The van der Waals surface area contributed by atoms with Gasteiger partial charge in [-0.2, -0.15) is 0 Å². The maximum absolute atomic E-state index is 12.5. The molecule has 26 heavy (non-hydrogen) atoms. The minimum Gasteiger partial charge on any atom is -0.352 e. The number of hydrogen-bond acceptors (Lipinski definition) is 6. The van der Waals surface area contributed by atoms with Gasteiger partial charge in [0.2, 0.25) is 21.9 Å². The Morgan fingerprint density at radius 3 is 2.58 bits per heavy atom. The van der Waals surface area contributed by atoms with Gasteiger partial charge >= 0.3 is 0 Å². The lowest BCUT2D eigenvalue weighted by molar-refractivity contribution is -0.125. The van der Waals surface area contributed by atoms with Gasteiger partial charge in [0.25, 0.3) is 0 Å². The molecule has 9 heteroatoms. The number of hydrogen-bond donors (Lipinski definition) is 2. The summed E-state index contributed by atoms with van der Waals surface area (Å²) in [5.74, 6) is 0.487. The average molecular weight is 375 g/mol. The lowest BCUT2D eigenvalue weighted by Crippen LogP contribution is -2.43. The van der Waals surface area contributed by atoms with E-state index in [9.17, 15) is 13.2 Å². The van der Waals surface area contributed by atoms with Crippen molar-refractivity contribution in [3.8, 4) is 0 Å². The number of rotatable bonds is 5. The zero-order valence-corrected chi connectivity index (χ0v) is 15.0. The third-order valence-corrected chi connectivity index (χ3v) is 5.28. The van der Waals surface area contributed by atoms with Gasteiger partial charge in [0, 0.05) is 32.0 Å². The summed E-state index contributed by atoms with van der Waals surface area (Å²) >= 11 is 0. The molecule has 1 aromatic heterocycles. The second-order valence-electron chi connectivity index (χ2n) is 6.24. The first kappa shape index (κ1) is 18.3. The van der Waals surface area contributed by atoms with Crippen molar-refractivity contribution in [1.82, 2.24) is 15.3 Å². The molecule has 1 aliphatic rings. The van der Waals surface area contributed by atoms with Crippen LogP contribution in [0.1, 0.15) is 18.4 Å². The first-order chi connectivity index (χ1) is 12.4. The molecule has 1 saturated heterocycles. The summed E-state index contributed by atoms with van der Waals surface area (Å²) in [4.78, 5) is 23.0. The number of nitrogens with zero attached hydrogens (tertiary/aromatic N) is 3. The van der Waals surface area contributed by atoms with Gasteiger partial charge in [-0.15, -0.1) is 0 Å². The van der Waals surface area contributed by atoms with Crippen LogP contribution < -0.4 is 15.4 Å². The molecule has 1 aliphatic heterocycles. The second-order valence-corrected chi connectivity index (χ2v) is 7.80. The predicted molar refractivity (Wildman–Crippen MR) is 96.6 cm³/mol. The molecular formula is C17H21N5O3S. The van der Waals surface area contributed by atoms with Gasteiger partial charge in [0.15, 0.2) is 0 Å². The Balaban J connectivity index is 1.56. The summed E-state index contributed by atoms with van der Waals surface area (Å²) in [6.07, 6.45) is 5.10. The molecule has 3 N–H and O–H groups in total. The molecule has 0 aliphatic carbocycles. The lowest BCUT2D eigenvalue weighted by atomic mass is 9.97. The van der Waals surface area contributed by atoms with Crippen LogP contribution in [0, 0.1) is 5.92 Å². The number of benzene rings is 1. The van der Waals surface area contributed by atoms with Gasteiger partial charge < -0.3 is 10.2 Å². The monoisotopic (exact) mass is 375 g/mol. The molecule has 0 spiro atoms. The minimum absolute atomic E-state index is 0.0267. The van der Waals surface area contributed by atoms with Gasteiger partial charge in [-0.1, -0.05) is 12.1 Å². The standard InChI is InChI=1S/C17H21N5O3S/c18-26(24,25)15-6-4-13(5-7-15)11-21-16(23)14-3-1-10-22(12-14)17-19-8-2-9-20-17/h2,4-9,14H,1,3,10-12H2,(H,21,23)(H2,18,24,25). The molecule has 1 aromatic carbocycles. The summed E-state index contributed by atoms with van der Waals surface area (Å²) in [5, 5.41) is 7.99. The Kier molecular flexibility index (Phi) is 5.48. The van der Waals surface area contributed by atoms with Crippen molar-refractivity contribution in [3.05, 3.63) is 48.3 Å². The molecule has 0 saturated carbocycles. The van der Waals surface area contributed by atoms with E-state index in [1.165, 1.54) is 12.1 Å². The number of nitrogens with two attached hydrogens (primary N) is 1. The number of amides is 1. The highest BCUT2D eigenvalue weighted by molar-refractivity contribution is 7.89. The van der Waals surface area contributed by atoms with E-state index in [-0.39, 0.29) is 16.7 Å². The molecule has 138 valence electrons. The highest BCUT2D eigenvalue weighted by atomic mass is 32.2. The Labute approximate surface area is 152 Å². The zero-order valence-electron chi connectivity index (χ0n) is 14.2. The number of nitrogens with one attached hydrogen (secondary N) is 1. The first-order valence-corrected chi connectivity index (χ1v) is 9.89. The molecular weight excluding hydrogens is 354 g/mol. The van der Waals surface area contributed by atoms with Gasteiger partial charge in [0.1, 0.15) is 0 Å². The maximum Gasteiger partial charge on any atom is 0.238 e. The van der Waals surface area contributed by atoms with E-state index >= 15 is 0 Å². The van der Waals surface area contributed by atoms with E-state index in [0.717, 1.165) is 24.9 Å². The Bertz CT molecular complexity index is 856. The predicted octanol–water partition coefficient (Wildman–Crippen LogP) is 0.657. The highest BCUT2D eigenvalue weighted by Gasteiger charge is 2.26. The molecule has 1 unspecified atom stereocenters. The molecule has 1 fully saturated rings. The third kappa shape index (κ3) is 4.55. The van der Waals surface area contributed by atoms with Gasteiger partial charge in [-0.25, -0.2) is 23.5 Å². The Morgan fingerprint density at radius 1 is 1.23 bits per heavy atom. The fourth-order valence-electron chi connectivity index (χ4n) is 2.96. The topological polar surface area (TPSA) is 118 Å². The van der Waals surface area contributed by atoms with Crippen LogP contribution >= 0.6 is 0 Å². The fourth-order valence-corrected chi connectivity index (χ4v) is 3.47. The summed E-state index contributed by atoms with van der Waals surface area (Å²) in [7, 11) is -3.71. The summed E-state index contributed by atoms with van der Waals surface area (Å²) in [6.45, 7) is 1.76. The molecule has 0 radical (unpaired) electrons. The van der Waals surface area contributed by atoms with Crippen LogP contribution in [0.3, 0.4) is 0 Å². The molecule has 1 amide bonds. The normalized spacial score (nSPS) is 17.7. The van der Waals surface area contributed by atoms with E-state index in [4.69, 9.17) is 5.14 Å².